The number of carbonyl (C=O) groups excluding carboxylic acids is 3. The molecule has 1 aliphatic rings. The maximum atomic E-state index is 13.0. The van der Waals surface area contributed by atoms with Crippen LogP contribution in [0.3, 0.4) is 0 Å². The summed E-state index contributed by atoms with van der Waals surface area (Å²) in [7, 11) is -4.95. The quantitative estimate of drug-likeness (QED) is 0.127. The second-order valence-electron chi connectivity index (χ2n) is 9.07. The zero-order chi connectivity index (χ0) is 27.6. The standard InChI is InChI=1S/C24H33N3O9S.Na/c1-4-11-35-18-7-5-16(6-8-18)14-36-24(31)27-19(12-15(2)3)22(29)26-20(23(30)37(32,33)34)13-17-9-10-25-21(17)28;/h1,5-8,15,17,19-20,23,30H,9-14H2,2-3H3,(H,25,28)(H,26,29)(H,27,31)(H,32,33,34);/t17-,19-,20-,23+;/m0./s1. The first-order chi connectivity index (χ1) is 17.4. The average Bonchev–Trinajstić information content (AvgIpc) is 3.24. The van der Waals surface area contributed by atoms with Crippen molar-refractivity contribution >= 4 is 57.6 Å². The van der Waals surface area contributed by atoms with Gasteiger partial charge in [0.2, 0.25) is 17.3 Å². The number of carbonyl (C=O) groups is 3. The van der Waals surface area contributed by atoms with Gasteiger partial charge in [-0.05, 0) is 42.9 Å². The minimum absolute atomic E-state index is 0. The van der Waals surface area contributed by atoms with Crippen LogP contribution in [-0.2, 0) is 31.1 Å². The predicted molar refractivity (Wildman–Crippen MR) is 138 cm³/mol. The van der Waals surface area contributed by atoms with Gasteiger partial charge in [0.15, 0.2) is 0 Å². The van der Waals surface area contributed by atoms with E-state index < -0.39 is 45.6 Å². The average molecular weight is 563 g/mol. The maximum Gasteiger partial charge on any atom is 0.408 e. The van der Waals surface area contributed by atoms with Gasteiger partial charge >= 0.3 is 6.09 Å². The number of rotatable bonds is 13. The number of nitrogens with one attached hydrogen (secondary N) is 3. The Kier molecular flexibility index (Phi) is 14.1. The summed E-state index contributed by atoms with van der Waals surface area (Å²) in [5.74, 6) is 1.04. The van der Waals surface area contributed by atoms with Crippen LogP contribution < -0.4 is 20.7 Å². The number of amides is 3. The molecule has 1 aromatic rings. The van der Waals surface area contributed by atoms with E-state index in [0.717, 1.165) is 0 Å². The summed E-state index contributed by atoms with van der Waals surface area (Å²) in [6, 6.07) is 4.05. The van der Waals surface area contributed by atoms with Crippen LogP contribution in [0.2, 0.25) is 0 Å². The molecule has 1 aliphatic heterocycles. The smallest absolute Gasteiger partial charge is 0.408 e. The predicted octanol–water partition coefficient (Wildman–Crippen LogP) is 0.176. The zero-order valence-corrected chi connectivity index (χ0v) is 24.5. The molecule has 5 N–H and O–H groups in total. The van der Waals surface area contributed by atoms with Gasteiger partial charge in [-0.25, -0.2) is 4.79 Å². The molecule has 0 spiro atoms. The second kappa shape index (κ2) is 15.9. The summed E-state index contributed by atoms with van der Waals surface area (Å²) in [6.45, 7) is 4.01. The van der Waals surface area contributed by atoms with Crippen LogP contribution in [-0.4, -0.2) is 96.2 Å². The van der Waals surface area contributed by atoms with E-state index in [9.17, 15) is 32.5 Å². The molecule has 14 heteroatoms. The van der Waals surface area contributed by atoms with Gasteiger partial charge in [0.1, 0.15) is 25.0 Å². The van der Waals surface area contributed by atoms with Crippen molar-refractivity contribution in [1.29, 1.82) is 0 Å². The van der Waals surface area contributed by atoms with Crippen LogP contribution in [0, 0.1) is 24.2 Å². The molecule has 4 atom stereocenters. The molecule has 0 aromatic heterocycles. The third kappa shape index (κ3) is 11.2. The summed E-state index contributed by atoms with van der Waals surface area (Å²) in [4.78, 5) is 37.4. The number of aliphatic hydroxyl groups excluding tert-OH is 1. The first kappa shape index (κ1) is 33.7. The Bertz CT molecular complexity index is 1090. The first-order valence-corrected chi connectivity index (χ1v) is 13.2. The molecular weight excluding hydrogens is 529 g/mol. The van der Waals surface area contributed by atoms with E-state index in [-0.39, 0.29) is 67.4 Å². The van der Waals surface area contributed by atoms with Gasteiger partial charge in [-0.15, -0.1) is 6.42 Å². The zero-order valence-electron chi connectivity index (χ0n) is 21.7. The minimum Gasteiger partial charge on any atom is -0.481 e. The number of hydrogen-bond donors (Lipinski definition) is 5. The summed E-state index contributed by atoms with van der Waals surface area (Å²) in [6.07, 6.45) is 4.57. The van der Waals surface area contributed by atoms with Gasteiger partial charge in [0, 0.05) is 42.0 Å². The van der Waals surface area contributed by atoms with Crippen LogP contribution in [0.5, 0.6) is 5.75 Å². The van der Waals surface area contributed by atoms with Crippen molar-refractivity contribution in [1.82, 2.24) is 16.0 Å². The molecule has 1 aromatic carbocycles. The molecule has 3 amide bonds. The van der Waals surface area contributed by atoms with Crippen LogP contribution in [0.1, 0.15) is 38.7 Å². The Hall–Kier alpha value is -2.34. The summed E-state index contributed by atoms with van der Waals surface area (Å²) < 4.78 is 43.0. The monoisotopic (exact) mass is 562 g/mol. The van der Waals surface area contributed by atoms with E-state index in [1.807, 2.05) is 13.8 Å². The van der Waals surface area contributed by atoms with Crippen molar-refractivity contribution in [2.45, 2.75) is 57.2 Å². The van der Waals surface area contributed by atoms with Crippen LogP contribution in [0.15, 0.2) is 24.3 Å². The number of ether oxygens (including phenoxy) is 2. The van der Waals surface area contributed by atoms with Gasteiger partial charge in [-0.1, -0.05) is 31.9 Å². The Labute approximate surface area is 244 Å². The van der Waals surface area contributed by atoms with Crippen molar-refractivity contribution in [2.75, 3.05) is 13.2 Å². The number of aliphatic hydroxyl groups is 1. The molecule has 12 nitrogen and oxygen atoms in total. The summed E-state index contributed by atoms with van der Waals surface area (Å²) in [5, 5.41) is 17.6. The van der Waals surface area contributed by atoms with Crippen molar-refractivity contribution in [3.63, 3.8) is 0 Å². The molecular formula is C24H33N3NaO9S. The summed E-state index contributed by atoms with van der Waals surface area (Å²) in [5.41, 5.74) is -1.71. The third-order valence-electron chi connectivity index (χ3n) is 5.61. The van der Waals surface area contributed by atoms with Crippen LogP contribution >= 0.6 is 0 Å². The third-order valence-corrected chi connectivity index (χ3v) is 6.55. The molecule has 205 valence electrons. The van der Waals surface area contributed by atoms with Crippen molar-refractivity contribution in [2.24, 2.45) is 11.8 Å². The molecule has 0 bridgehead atoms. The fourth-order valence-corrected chi connectivity index (χ4v) is 4.35. The number of terminal acetylenes is 1. The molecule has 1 radical (unpaired) electrons. The molecule has 0 unspecified atom stereocenters. The Balaban J connectivity index is 0.00000722. The topological polar surface area (TPSA) is 180 Å². The normalized spacial score (nSPS) is 17.3. The second-order valence-corrected chi connectivity index (χ2v) is 10.6. The minimum atomic E-state index is -4.95. The van der Waals surface area contributed by atoms with E-state index >= 15 is 0 Å². The Morgan fingerprint density at radius 3 is 2.42 bits per heavy atom. The van der Waals surface area contributed by atoms with E-state index in [1.54, 1.807) is 24.3 Å². The van der Waals surface area contributed by atoms with Crippen molar-refractivity contribution in [3.8, 4) is 18.1 Å². The Morgan fingerprint density at radius 2 is 1.89 bits per heavy atom. The number of hydrogen-bond acceptors (Lipinski definition) is 8. The molecule has 2 rings (SSSR count). The van der Waals surface area contributed by atoms with Crippen LogP contribution in [0.4, 0.5) is 4.79 Å². The van der Waals surface area contributed by atoms with Gasteiger partial charge in [0.05, 0.1) is 6.04 Å². The molecule has 1 saturated heterocycles. The maximum absolute atomic E-state index is 13.0. The number of benzene rings is 1. The molecule has 1 fully saturated rings. The van der Waals surface area contributed by atoms with Gasteiger partial charge in [-0.2, -0.15) is 8.42 Å². The van der Waals surface area contributed by atoms with Crippen molar-refractivity contribution < 1.29 is 41.9 Å². The van der Waals surface area contributed by atoms with Crippen molar-refractivity contribution in [3.05, 3.63) is 29.8 Å². The van der Waals surface area contributed by atoms with E-state index in [2.05, 4.69) is 21.9 Å². The van der Waals surface area contributed by atoms with E-state index in [4.69, 9.17) is 15.9 Å². The van der Waals surface area contributed by atoms with Gasteiger partial charge < -0.3 is 30.5 Å². The molecule has 0 aliphatic carbocycles. The van der Waals surface area contributed by atoms with E-state index in [0.29, 0.717) is 24.3 Å². The van der Waals surface area contributed by atoms with E-state index in [1.165, 1.54) is 0 Å². The number of alkyl carbamates (subject to hydrolysis) is 1. The molecule has 0 saturated carbocycles. The van der Waals surface area contributed by atoms with Gasteiger partial charge in [0.25, 0.3) is 10.1 Å². The summed E-state index contributed by atoms with van der Waals surface area (Å²) >= 11 is 0. The SMILES string of the molecule is C#CCOc1ccc(COC(=O)N[C@@H](CC(C)C)C(=O)N[C@@H](C[C@@H]2CCNC2=O)[C@H](O)S(=O)(=O)O)cc1.[Na]. The molecule has 1 heterocycles. The fourth-order valence-electron chi connectivity index (χ4n) is 3.76. The Morgan fingerprint density at radius 1 is 1.24 bits per heavy atom. The fraction of sp³-hybridized carbons (Fsp3) is 0.542. The first-order valence-electron chi connectivity index (χ1n) is 11.7. The van der Waals surface area contributed by atoms with Gasteiger partial charge in [-0.3, -0.25) is 14.1 Å². The largest absolute Gasteiger partial charge is 0.481 e. The molecule has 38 heavy (non-hydrogen) atoms. The van der Waals surface area contributed by atoms with Crippen LogP contribution in [0.25, 0.3) is 0 Å².